The smallest absolute Gasteiger partial charge is 0.248 e. The number of benzene rings is 2. The van der Waals surface area contributed by atoms with Gasteiger partial charge in [0.05, 0.1) is 13.2 Å². The Morgan fingerprint density at radius 1 is 1.04 bits per heavy atom. The summed E-state index contributed by atoms with van der Waals surface area (Å²) in [6, 6.07) is 13.5. The highest BCUT2D eigenvalue weighted by molar-refractivity contribution is 6.02. The van der Waals surface area contributed by atoms with E-state index in [0.29, 0.717) is 19.0 Å². The lowest BCUT2D eigenvalue weighted by molar-refractivity contribution is -0.111. The van der Waals surface area contributed by atoms with E-state index in [2.05, 4.69) is 19.2 Å². The summed E-state index contributed by atoms with van der Waals surface area (Å²) in [5.41, 5.74) is 2.85. The van der Waals surface area contributed by atoms with E-state index in [1.807, 2.05) is 49.4 Å². The minimum Gasteiger partial charge on any atom is -0.490 e. The number of rotatable bonds is 9. The van der Waals surface area contributed by atoms with Crippen molar-refractivity contribution in [2.75, 3.05) is 18.5 Å². The minimum atomic E-state index is -0.157. The van der Waals surface area contributed by atoms with E-state index in [1.54, 1.807) is 6.08 Å². The fourth-order valence-corrected chi connectivity index (χ4v) is 2.52. The summed E-state index contributed by atoms with van der Waals surface area (Å²) in [5.74, 6) is 1.27. The first kappa shape index (κ1) is 19.6. The molecule has 0 aliphatic heterocycles. The predicted molar refractivity (Wildman–Crippen MR) is 107 cm³/mol. The van der Waals surface area contributed by atoms with Crippen LogP contribution in [0.4, 0.5) is 5.69 Å². The number of carbonyl (C=O) groups is 1. The van der Waals surface area contributed by atoms with Crippen molar-refractivity contribution in [3.63, 3.8) is 0 Å². The molecule has 0 spiro atoms. The molecule has 1 amide bonds. The van der Waals surface area contributed by atoms with Gasteiger partial charge in [-0.1, -0.05) is 38.1 Å². The Balaban J connectivity index is 2.08. The van der Waals surface area contributed by atoms with Crippen LogP contribution in [0, 0.1) is 0 Å². The maximum Gasteiger partial charge on any atom is 0.248 e. The van der Waals surface area contributed by atoms with Crippen LogP contribution in [-0.2, 0) is 11.2 Å². The summed E-state index contributed by atoms with van der Waals surface area (Å²) in [7, 11) is 0. The molecule has 2 aromatic rings. The van der Waals surface area contributed by atoms with Gasteiger partial charge in [0.25, 0.3) is 0 Å². The Hall–Kier alpha value is -2.75. The molecule has 2 rings (SSSR count). The molecule has 2 aromatic carbocycles. The number of ether oxygens (including phenoxy) is 2. The van der Waals surface area contributed by atoms with E-state index in [0.717, 1.165) is 35.4 Å². The van der Waals surface area contributed by atoms with Crippen LogP contribution in [0.25, 0.3) is 6.08 Å². The molecular formula is C22H27NO3. The molecule has 0 fully saturated rings. The van der Waals surface area contributed by atoms with Gasteiger partial charge in [-0.05, 0) is 55.2 Å². The third kappa shape index (κ3) is 5.66. The molecule has 4 heteroatoms. The van der Waals surface area contributed by atoms with Gasteiger partial charge in [0.15, 0.2) is 11.5 Å². The average Bonchev–Trinajstić information content (AvgIpc) is 2.66. The number of nitrogens with one attached hydrogen (secondary N) is 1. The molecule has 0 unspecified atom stereocenters. The van der Waals surface area contributed by atoms with Gasteiger partial charge in [-0.15, -0.1) is 0 Å². The fraction of sp³-hybridized carbons (Fsp3) is 0.318. The summed E-state index contributed by atoms with van der Waals surface area (Å²) in [6.45, 7) is 7.27. The van der Waals surface area contributed by atoms with E-state index >= 15 is 0 Å². The van der Waals surface area contributed by atoms with Gasteiger partial charge >= 0.3 is 0 Å². The summed E-state index contributed by atoms with van der Waals surface area (Å²) in [5, 5.41) is 2.93. The third-order valence-corrected chi connectivity index (χ3v) is 3.81. The highest BCUT2D eigenvalue weighted by atomic mass is 16.5. The van der Waals surface area contributed by atoms with Crippen molar-refractivity contribution in [1.82, 2.24) is 0 Å². The predicted octanol–water partition coefficient (Wildman–Crippen LogP) is 5.09. The topological polar surface area (TPSA) is 47.6 Å². The van der Waals surface area contributed by atoms with Gasteiger partial charge in [-0.3, -0.25) is 4.79 Å². The maximum atomic E-state index is 12.2. The summed E-state index contributed by atoms with van der Waals surface area (Å²) in [6.07, 6.45) is 5.11. The normalized spacial score (nSPS) is 10.7. The molecule has 0 saturated heterocycles. The zero-order valence-corrected chi connectivity index (χ0v) is 15.7. The first-order chi connectivity index (χ1) is 12.7. The van der Waals surface area contributed by atoms with Crippen molar-refractivity contribution in [3.8, 4) is 11.5 Å². The second-order valence-corrected chi connectivity index (χ2v) is 5.82. The van der Waals surface area contributed by atoms with Crippen molar-refractivity contribution in [3.05, 3.63) is 59.7 Å². The highest BCUT2D eigenvalue weighted by Gasteiger charge is 2.06. The van der Waals surface area contributed by atoms with Crippen LogP contribution in [0.5, 0.6) is 11.5 Å². The summed E-state index contributed by atoms with van der Waals surface area (Å²) >= 11 is 0. The van der Waals surface area contributed by atoms with Gasteiger partial charge in [-0.2, -0.15) is 0 Å². The second-order valence-electron chi connectivity index (χ2n) is 5.82. The van der Waals surface area contributed by atoms with Crippen molar-refractivity contribution in [1.29, 1.82) is 0 Å². The van der Waals surface area contributed by atoms with Crippen LogP contribution in [0.2, 0.25) is 0 Å². The second kappa shape index (κ2) is 10.3. The van der Waals surface area contributed by atoms with Gasteiger partial charge in [0, 0.05) is 11.8 Å². The molecule has 0 aromatic heterocycles. The van der Waals surface area contributed by atoms with Crippen LogP contribution >= 0.6 is 0 Å². The van der Waals surface area contributed by atoms with Crippen molar-refractivity contribution < 1.29 is 14.3 Å². The van der Waals surface area contributed by atoms with E-state index in [-0.39, 0.29) is 5.91 Å². The number of carbonyl (C=O) groups excluding carboxylic acids is 1. The van der Waals surface area contributed by atoms with Crippen LogP contribution in [0.1, 0.15) is 38.3 Å². The number of amides is 1. The largest absolute Gasteiger partial charge is 0.490 e. The van der Waals surface area contributed by atoms with Crippen LogP contribution < -0.4 is 14.8 Å². The molecule has 1 N–H and O–H groups in total. The maximum absolute atomic E-state index is 12.2. The van der Waals surface area contributed by atoms with Crippen molar-refractivity contribution in [2.24, 2.45) is 0 Å². The van der Waals surface area contributed by atoms with Crippen molar-refractivity contribution in [2.45, 2.75) is 33.6 Å². The number of hydrogen-bond donors (Lipinski definition) is 1. The molecule has 0 radical (unpaired) electrons. The zero-order valence-electron chi connectivity index (χ0n) is 15.7. The Kier molecular flexibility index (Phi) is 7.75. The number of hydrogen-bond acceptors (Lipinski definition) is 3. The Labute approximate surface area is 155 Å². The highest BCUT2D eigenvalue weighted by Crippen LogP contribution is 2.29. The SMILES string of the molecule is CCCOc1ccc(/C=C/C(=O)Nc2ccccc2CC)cc1OCC. The molecular weight excluding hydrogens is 326 g/mol. The first-order valence-electron chi connectivity index (χ1n) is 9.14. The molecule has 0 aliphatic rings. The molecule has 138 valence electrons. The third-order valence-electron chi connectivity index (χ3n) is 3.81. The quantitative estimate of drug-likeness (QED) is 0.639. The molecule has 0 saturated carbocycles. The lowest BCUT2D eigenvalue weighted by Crippen LogP contribution is -2.09. The molecule has 0 atom stereocenters. The van der Waals surface area contributed by atoms with E-state index in [9.17, 15) is 4.79 Å². The minimum absolute atomic E-state index is 0.157. The lowest BCUT2D eigenvalue weighted by Gasteiger charge is -2.12. The molecule has 4 nitrogen and oxygen atoms in total. The molecule has 0 aliphatic carbocycles. The van der Waals surface area contributed by atoms with Gasteiger partial charge in [0.1, 0.15) is 0 Å². The van der Waals surface area contributed by atoms with E-state index in [1.165, 1.54) is 6.08 Å². The summed E-state index contributed by atoms with van der Waals surface area (Å²) < 4.78 is 11.3. The number of para-hydroxylation sites is 1. The fourth-order valence-electron chi connectivity index (χ4n) is 2.52. The standard InChI is InChI=1S/C22H27NO3/c1-4-15-26-20-13-11-17(16-21(20)25-6-3)12-14-22(24)23-19-10-8-7-9-18(19)5-2/h7-14,16H,4-6,15H2,1-3H3,(H,23,24)/b14-12+. The van der Waals surface area contributed by atoms with Gasteiger partial charge in [-0.25, -0.2) is 0 Å². The Morgan fingerprint density at radius 3 is 2.58 bits per heavy atom. The van der Waals surface area contributed by atoms with Crippen LogP contribution in [-0.4, -0.2) is 19.1 Å². The number of anilines is 1. The Bertz CT molecular complexity index is 753. The summed E-state index contributed by atoms with van der Waals surface area (Å²) in [4.78, 5) is 12.2. The molecule has 0 heterocycles. The van der Waals surface area contributed by atoms with Gasteiger partial charge < -0.3 is 14.8 Å². The van der Waals surface area contributed by atoms with E-state index < -0.39 is 0 Å². The molecule has 26 heavy (non-hydrogen) atoms. The van der Waals surface area contributed by atoms with E-state index in [4.69, 9.17) is 9.47 Å². The monoisotopic (exact) mass is 353 g/mol. The Morgan fingerprint density at radius 2 is 1.85 bits per heavy atom. The van der Waals surface area contributed by atoms with Crippen LogP contribution in [0.15, 0.2) is 48.5 Å². The van der Waals surface area contributed by atoms with Gasteiger partial charge in [0.2, 0.25) is 5.91 Å². The molecule has 0 bridgehead atoms. The zero-order chi connectivity index (χ0) is 18.8. The first-order valence-corrected chi connectivity index (χ1v) is 9.14. The van der Waals surface area contributed by atoms with Crippen molar-refractivity contribution >= 4 is 17.7 Å². The lowest BCUT2D eigenvalue weighted by atomic mass is 10.1. The van der Waals surface area contributed by atoms with Crippen LogP contribution in [0.3, 0.4) is 0 Å². The number of aryl methyl sites for hydroxylation is 1. The average molecular weight is 353 g/mol.